The first-order valence-corrected chi connectivity index (χ1v) is 8.36. The summed E-state index contributed by atoms with van der Waals surface area (Å²) in [5, 5.41) is 2.93. The van der Waals surface area contributed by atoms with Crippen molar-refractivity contribution in [1.29, 1.82) is 0 Å². The van der Waals surface area contributed by atoms with Crippen LogP contribution in [-0.4, -0.2) is 30.2 Å². The predicted octanol–water partition coefficient (Wildman–Crippen LogP) is 3.45. The van der Waals surface area contributed by atoms with E-state index in [0.717, 1.165) is 37.1 Å². The standard InChI is InChI=1S/C19H22N2O3/c1-2-14-6-3-4-8-17(14)21-19(22)15-9-10-18(20-12-15)24-13-16-7-5-11-23-16/h3-4,6,8-10,12,16H,2,5,7,11,13H2,1H3,(H,21,22). The second-order valence-electron chi connectivity index (χ2n) is 5.80. The Morgan fingerprint density at radius 3 is 2.92 bits per heavy atom. The van der Waals surface area contributed by atoms with Gasteiger partial charge in [-0.3, -0.25) is 4.79 Å². The fourth-order valence-corrected chi connectivity index (χ4v) is 2.70. The lowest BCUT2D eigenvalue weighted by molar-refractivity contribution is 0.0663. The molecular weight excluding hydrogens is 304 g/mol. The van der Waals surface area contributed by atoms with Gasteiger partial charge in [-0.2, -0.15) is 0 Å². The van der Waals surface area contributed by atoms with Crippen molar-refractivity contribution in [3.8, 4) is 5.88 Å². The van der Waals surface area contributed by atoms with Crippen LogP contribution in [0.4, 0.5) is 5.69 Å². The van der Waals surface area contributed by atoms with E-state index < -0.39 is 0 Å². The molecule has 1 saturated heterocycles. The highest BCUT2D eigenvalue weighted by Gasteiger charge is 2.16. The fourth-order valence-electron chi connectivity index (χ4n) is 2.70. The summed E-state index contributed by atoms with van der Waals surface area (Å²) in [6.07, 6.45) is 4.66. The van der Waals surface area contributed by atoms with Gasteiger partial charge < -0.3 is 14.8 Å². The highest BCUT2D eigenvalue weighted by Crippen LogP contribution is 2.18. The van der Waals surface area contributed by atoms with E-state index in [-0.39, 0.29) is 12.0 Å². The van der Waals surface area contributed by atoms with Gasteiger partial charge >= 0.3 is 0 Å². The third-order valence-electron chi connectivity index (χ3n) is 4.09. The Morgan fingerprint density at radius 2 is 2.21 bits per heavy atom. The summed E-state index contributed by atoms with van der Waals surface area (Å²) in [4.78, 5) is 16.6. The number of ether oxygens (including phenoxy) is 2. The highest BCUT2D eigenvalue weighted by molar-refractivity contribution is 6.04. The van der Waals surface area contributed by atoms with Crippen molar-refractivity contribution in [2.45, 2.75) is 32.3 Å². The molecule has 1 atom stereocenters. The fraction of sp³-hybridized carbons (Fsp3) is 0.368. The van der Waals surface area contributed by atoms with Crippen molar-refractivity contribution in [2.24, 2.45) is 0 Å². The summed E-state index contributed by atoms with van der Waals surface area (Å²) < 4.78 is 11.1. The molecule has 1 amide bonds. The zero-order chi connectivity index (χ0) is 16.8. The van der Waals surface area contributed by atoms with E-state index >= 15 is 0 Å². The SMILES string of the molecule is CCc1ccccc1NC(=O)c1ccc(OCC2CCCO2)nc1. The minimum absolute atomic E-state index is 0.153. The Bertz CT molecular complexity index is 679. The van der Waals surface area contributed by atoms with Crippen LogP contribution in [0.25, 0.3) is 0 Å². The van der Waals surface area contributed by atoms with Gasteiger partial charge in [-0.25, -0.2) is 4.98 Å². The van der Waals surface area contributed by atoms with Gasteiger partial charge in [-0.05, 0) is 37.0 Å². The summed E-state index contributed by atoms with van der Waals surface area (Å²) in [7, 11) is 0. The Hall–Kier alpha value is -2.40. The minimum atomic E-state index is -0.172. The predicted molar refractivity (Wildman–Crippen MR) is 92.5 cm³/mol. The van der Waals surface area contributed by atoms with Crippen LogP contribution >= 0.6 is 0 Å². The van der Waals surface area contributed by atoms with Crippen LogP contribution in [0.3, 0.4) is 0 Å². The third-order valence-corrected chi connectivity index (χ3v) is 4.09. The number of amides is 1. The van der Waals surface area contributed by atoms with Crippen LogP contribution in [-0.2, 0) is 11.2 Å². The van der Waals surface area contributed by atoms with Crippen LogP contribution in [0.5, 0.6) is 5.88 Å². The van der Waals surface area contributed by atoms with Crippen molar-refractivity contribution in [2.75, 3.05) is 18.5 Å². The molecule has 5 nitrogen and oxygen atoms in total. The van der Waals surface area contributed by atoms with Gasteiger partial charge in [-0.15, -0.1) is 0 Å². The number of pyridine rings is 1. The smallest absolute Gasteiger partial charge is 0.257 e. The molecule has 1 unspecified atom stereocenters. The van der Waals surface area contributed by atoms with E-state index in [9.17, 15) is 4.79 Å². The number of hydrogen-bond acceptors (Lipinski definition) is 4. The lowest BCUT2D eigenvalue weighted by Crippen LogP contribution is -2.17. The molecule has 0 aliphatic carbocycles. The number of aromatic nitrogens is 1. The average molecular weight is 326 g/mol. The van der Waals surface area contributed by atoms with Crippen LogP contribution in [0.15, 0.2) is 42.6 Å². The number of aryl methyl sites for hydroxylation is 1. The molecule has 0 bridgehead atoms. The number of benzene rings is 1. The van der Waals surface area contributed by atoms with Crippen molar-refractivity contribution >= 4 is 11.6 Å². The second-order valence-corrected chi connectivity index (χ2v) is 5.80. The Balaban J connectivity index is 1.59. The molecule has 2 heterocycles. The maximum absolute atomic E-state index is 12.3. The van der Waals surface area contributed by atoms with Crippen LogP contribution in [0.1, 0.15) is 35.7 Å². The van der Waals surface area contributed by atoms with E-state index in [2.05, 4.69) is 17.2 Å². The largest absolute Gasteiger partial charge is 0.475 e. The number of carbonyl (C=O) groups is 1. The molecule has 0 spiro atoms. The molecule has 1 aromatic heterocycles. The van der Waals surface area contributed by atoms with Crippen LogP contribution < -0.4 is 10.1 Å². The monoisotopic (exact) mass is 326 g/mol. The summed E-state index contributed by atoms with van der Waals surface area (Å²) in [5.41, 5.74) is 2.45. The maximum atomic E-state index is 12.3. The lowest BCUT2D eigenvalue weighted by Gasteiger charge is -2.11. The number of carbonyl (C=O) groups excluding carboxylic acids is 1. The molecule has 1 fully saturated rings. The van der Waals surface area contributed by atoms with Crippen molar-refractivity contribution in [3.05, 3.63) is 53.7 Å². The summed E-state index contributed by atoms with van der Waals surface area (Å²) in [6, 6.07) is 11.2. The molecule has 5 heteroatoms. The maximum Gasteiger partial charge on any atom is 0.257 e. The molecule has 0 radical (unpaired) electrons. The van der Waals surface area contributed by atoms with E-state index in [0.29, 0.717) is 18.1 Å². The quantitative estimate of drug-likeness (QED) is 0.883. The van der Waals surface area contributed by atoms with E-state index in [1.807, 2.05) is 24.3 Å². The number of rotatable bonds is 6. The highest BCUT2D eigenvalue weighted by atomic mass is 16.5. The Kier molecular flexibility index (Phi) is 5.43. The first kappa shape index (κ1) is 16.5. The molecule has 1 N–H and O–H groups in total. The average Bonchev–Trinajstić information content (AvgIpc) is 3.14. The molecule has 1 aliphatic heterocycles. The van der Waals surface area contributed by atoms with Gasteiger partial charge in [0.15, 0.2) is 0 Å². The normalized spacial score (nSPS) is 16.8. The van der Waals surface area contributed by atoms with Gasteiger partial charge in [0.2, 0.25) is 5.88 Å². The first-order valence-electron chi connectivity index (χ1n) is 8.36. The first-order chi connectivity index (χ1) is 11.8. The van der Waals surface area contributed by atoms with Crippen LogP contribution in [0, 0.1) is 0 Å². The zero-order valence-corrected chi connectivity index (χ0v) is 13.8. The second kappa shape index (κ2) is 7.93. The minimum Gasteiger partial charge on any atom is -0.475 e. The van der Waals surface area contributed by atoms with Gasteiger partial charge in [0.05, 0.1) is 11.7 Å². The lowest BCUT2D eigenvalue weighted by atomic mass is 10.1. The van der Waals surface area contributed by atoms with Gasteiger partial charge in [0, 0.05) is 24.6 Å². The van der Waals surface area contributed by atoms with Gasteiger partial charge in [-0.1, -0.05) is 25.1 Å². The number of para-hydroxylation sites is 1. The molecule has 0 saturated carbocycles. The summed E-state index contributed by atoms with van der Waals surface area (Å²) >= 11 is 0. The summed E-state index contributed by atoms with van der Waals surface area (Å²) in [6.45, 7) is 3.37. The van der Waals surface area contributed by atoms with Gasteiger partial charge in [0.1, 0.15) is 6.61 Å². The van der Waals surface area contributed by atoms with Crippen molar-refractivity contribution < 1.29 is 14.3 Å². The van der Waals surface area contributed by atoms with E-state index in [1.54, 1.807) is 12.1 Å². The molecule has 24 heavy (non-hydrogen) atoms. The number of anilines is 1. The molecule has 126 valence electrons. The van der Waals surface area contributed by atoms with Gasteiger partial charge in [0.25, 0.3) is 5.91 Å². The zero-order valence-electron chi connectivity index (χ0n) is 13.8. The number of nitrogens with one attached hydrogen (secondary N) is 1. The Morgan fingerprint density at radius 1 is 1.33 bits per heavy atom. The van der Waals surface area contributed by atoms with E-state index in [1.165, 1.54) is 6.20 Å². The van der Waals surface area contributed by atoms with Crippen molar-refractivity contribution in [3.63, 3.8) is 0 Å². The third kappa shape index (κ3) is 4.11. The molecule has 3 rings (SSSR count). The Labute approximate surface area is 142 Å². The topological polar surface area (TPSA) is 60.5 Å². The number of nitrogens with zero attached hydrogens (tertiary/aromatic N) is 1. The molecular formula is C19H22N2O3. The van der Waals surface area contributed by atoms with Crippen LogP contribution in [0.2, 0.25) is 0 Å². The summed E-state index contributed by atoms with van der Waals surface area (Å²) in [5.74, 6) is 0.338. The number of hydrogen-bond donors (Lipinski definition) is 1. The molecule has 1 aliphatic rings. The molecule has 2 aromatic rings. The van der Waals surface area contributed by atoms with Crippen molar-refractivity contribution in [1.82, 2.24) is 4.98 Å². The van der Waals surface area contributed by atoms with E-state index in [4.69, 9.17) is 9.47 Å². The molecule has 1 aromatic carbocycles.